The lowest BCUT2D eigenvalue weighted by Gasteiger charge is -2.44. The number of carbonyl (C=O) groups is 1. The van der Waals surface area contributed by atoms with E-state index in [-0.39, 0.29) is 47.7 Å². The minimum Gasteiger partial charge on any atom is -0.468 e. The Morgan fingerprint density at radius 1 is 1.08 bits per heavy atom. The molecule has 1 saturated carbocycles. The Hall–Kier alpha value is -4.73. The highest BCUT2D eigenvalue weighted by Gasteiger charge is 2.63. The number of anilines is 1. The lowest BCUT2D eigenvalue weighted by Crippen LogP contribution is -2.59. The van der Waals surface area contributed by atoms with Gasteiger partial charge in [0.05, 0.1) is 23.0 Å². The first-order valence-electron chi connectivity index (χ1n) is 18.7. The van der Waals surface area contributed by atoms with E-state index in [1.165, 1.54) is 0 Å². The van der Waals surface area contributed by atoms with Gasteiger partial charge in [-0.1, -0.05) is 18.1 Å². The molecule has 5 fully saturated rings. The lowest BCUT2D eigenvalue weighted by molar-refractivity contribution is 0.00675. The van der Waals surface area contributed by atoms with Gasteiger partial charge in [0.25, 0.3) is 0 Å². The molecule has 5 aliphatic rings. The van der Waals surface area contributed by atoms with Crippen LogP contribution in [-0.4, -0.2) is 101 Å². The molecular formula is C41H45FN6O5. The van der Waals surface area contributed by atoms with E-state index in [2.05, 4.69) is 15.7 Å². The number of benzene rings is 2. The van der Waals surface area contributed by atoms with Crippen molar-refractivity contribution in [2.75, 3.05) is 51.6 Å². The molecule has 6 heterocycles. The third-order valence-corrected chi connectivity index (χ3v) is 11.9. The van der Waals surface area contributed by atoms with Gasteiger partial charge in [0, 0.05) is 42.9 Å². The summed E-state index contributed by atoms with van der Waals surface area (Å²) < 4.78 is 40.7. The van der Waals surface area contributed by atoms with Crippen LogP contribution in [0, 0.1) is 30.0 Å². The fourth-order valence-corrected chi connectivity index (χ4v) is 9.60. The number of ether oxygens (including phenoxy) is 4. The molecule has 276 valence electrons. The van der Waals surface area contributed by atoms with Crippen LogP contribution in [0.25, 0.3) is 32.9 Å². The van der Waals surface area contributed by atoms with E-state index in [1.807, 2.05) is 49.9 Å². The number of halogens is 1. The number of amides is 1. The van der Waals surface area contributed by atoms with Crippen molar-refractivity contribution in [1.29, 1.82) is 0 Å². The summed E-state index contributed by atoms with van der Waals surface area (Å²) in [6.45, 7) is 9.34. The van der Waals surface area contributed by atoms with Gasteiger partial charge in [0.2, 0.25) is 0 Å². The molecule has 2 aromatic carbocycles. The average molecular weight is 721 g/mol. The van der Waals surface area contributed by atoms with E-state index in [4.69, 9.17) is 40.3 Å². The van der Waals surface area contributed by atoms with Gasteiger partial charge >= 0.3 is 12.1 Å². The number of terminal acetylenes is 1. The van der Waals surface area contributed by atoms with Gasteiger partial charge in [-0.3, -0.25) is 14.8 Å². The maximum absolute atomic E-state index is 17.3. The Labute approximate surface area is 308 Å². The summed E-state index contributed by atoms with van der Waals surface area (Å²) in [5.41, 5.74) is 0.661. The Kier molecular flexibility index (Phi) is 8.16. The van der Waals surface area contributed by atoms with E-state index in [1.54, 1.807) is 19.4 Å². The lowest BCUT2D eigenvalue weighted by atomic mass is 9.95. The van der Waals surface area contributed by atoms with Crippen molar-refractivity contribution < 1.29 is 28.1 Å². The predicted molar refractivity (Wildman–Crippen MR) is 198 cm³/mol. The van der Waals surface area contributed by atoms with Crippen LogP contribution in [0.4, 0.5) is 15.0 Å². The Balaban J connectivity index is 1.15. The van der Waals surface area contributed by atoms with Crippen LogP contribution in [-0.2, 0) is 9.47 Å². The minimum absolute atomic E-state index is 0.0223. The van der Waals surface area contributed by atoms with Crippen molar-refractivity contribution in [3.8, 4) is 35.4 Å². The monoisotopic (exact) mass is 720 g/mol. The first kappa shape index (κ1) is 34.1. The normalized spacial score (nSPS) is 24.3. The van der Waals surface area contributed by atoms with Gasteiger partial charge in [-0.25, -0.2) is 9.18 Å². The summed E-state index contributed by atoms with van der Waals surface area (Å²) in [6, 6.07) is 9.27. The molecule has 2 aromatic heterocycles. The van der Waals surface area contributed by atoms with Crippen LogP contribution >= 0.6 is 0 Å². The molecule has 0 radical (unpaired) electrons. The zero-order chi connectivity index (χ0) is 36.6. The highest BCUT2D eigenvalue weighted by molar-refractivity contribution is 6.03. The summed E-state index contributed by atoms with van der Waals surface area (Å²) in [7, 11) is 1.54. The molecule has 4 atom stereocenters. The van der Waals surface area contributed by atoms with E-state index in [9.17, 15) is 4.79 Å². The average Bonchev–Trinajstić information content (AvgIpc) is 3.61. The van der Waals surface area contributed by atoms with Gasteiger partial charge in [-0.05, 0) is 101 Å². The number of hydrogen-bond donors (Lipinski definition) is 0. The van der Waals surface area contributed by atoms with Gasteiger partial charge in [-0.2, -0.15) is 9.97 Å². The van der Waals surface area contributed by atoms with E-state index in [0.717, 1.165) is 50.6 Å². The molecule has 2 bridgehead atoms. The second-order valence-corrected chi connectivity index (χ2v) is 16.3. The quantitative estimate of drug-likeness (QED) is 0.150. The van der Waals surface area contributed by atoms with Crippen LogP contribution in [0.5, 0.6) is 11.8 Å². The Morgan fingerprint density at radius 3 is 2.53 bits per heavy atom. The van der Waals surface area contributed by atoms with Gasteiger partial charge in [-0.15, -0.1) is 6.42 Å². The molecule has 4 saturated heterocycles. The Bertz CT molecular complexity index is 2140. The number of aromatic nitrogens is 3. The fraction of sp³-hybridized carbons (Fsp3) is 0.512. The molecular weight excluding hydrogens is 675 g/mol. The molecule has 1 aliphatic carbocycles. The van der Waals surface area contributed by atoms with Crippen LogP contribution in [0.2, 0.25) is 0 Å². The number of fused-ring (bicyclic) bond motifs is 8. The largest absolute Gasteiger partial charge is 0.468 e. The van der Waals surface area contributed by atoms with Crippen LogP contribution < -0.4 is 14.4 Å². The SMILES string of the molecule is C#Cc1cccc2cc(OCOC)cc(-c3ncc4c(N5C[C@@H]6[C@@H]7C[C@@H]7[C@H](C5)N6C(=O)OC(C)(C)C)nc(OCC56CCCN5CCC6)nc4c3F)c12. The molecule has 9 rings (SSSR count). The van der Waals surface area contributed by atoms with Crippen molar-refractivity contribution in [1.82, 2.24) is 24.8 Å². The summed E-state index contributed by atoms with van der Waals surface area (Å²) in [5, 5.41) is 1.95. The zero-order valence-corrected chi connectivity index (χ0v) is 30.7. The van der Waals surface area contributed by atoms with Gasteiger partial charge in [0.15, 0.2) is 12.6 Å². The van der Waals surface area contributed by atoms with Crippen LogP contribution in [0.3, 0.4) is 0 Å². The second kappa shape index (κ2) is 12.7. The maximum atomic E-state index is 17.3. The van der Waals surface area contributed by atoms with Crippen molar-refractivity contribution in [2.24, 2.45) is 11.8 Å². The third-order valence-electron chi connectivity index (χ3n) is 11.9. The molecule has 53 heavy (non-hydrogen) atoms. The first-order valence-corrected chi connectivity index (χ1v) is 18.7. The summed E-state index contributed by atoms with van der Waals surface area (Å²) >= 11 is 0. The second-order valence-electron chi connectivity index (χ2n) is 16.3. The number of methoxy groups -OCH3 is 1. The Morgan fingerprint density at radius 2 is 1.83 bits per heavy atom. The van der Waals surface area contributed by atoms with Crippen molar-refractivity contribution in [3.05, 3.63) is 47.9 Å². The number of hydrogen-bond acceptors (Lipinski definition) is 10. The van der Waals surface area contributed by atoms with Gasteiger partial charge < -0.3 is 23.8 Å². The van der Waals surface area contributed by atoms with Crippen molar-refractivity contribution in [2.45, 2.75) is 76.1 Å². The first-order chi connectivity index (χ1) is 25.6. The number of carbonyl (C=O) groups excluding carboxylic acids is 1. The van der Waals surface area contributed by atoms with Crippen molar-refractivity contribution >= 4 is 33.6 Å². The maximum Gasteiger partial charge on any atom is 0.410 e. The predicted octanol–water partition coefficient (Wildman–Crippen LogP) is 6.40. The third kappa shape index (κ3) is 5.80. The van der Waals surface area contributed by atoms with Crippen LogP contribution in [0.1, 0.15) is 58.4 Å². The molecule has 4 aliphatic heterocycles. The fourth-order valence-electron chi connectivity index (χ4n) is 9.60. The molecule has 4 aromatic rings. The number of piperidine rings is 1. The topological polar surface area (TPSA) is 102 Å². The highest BCUT2D eigenvalue weighted by Crippen LogP contribution is 2.56. The smallest absolute Gasteiger partial charge is 0.410 e. The summed E-state index contributed by atoms with van der Waals surface area (Å²) in [4.78, 5) is 34.6. The number of nitrogens with zero attached hydrogens (tertiary/aromatic N) is 6. The molecule has 11 nitrogen and oxygen atoms in total. The van der Waals surface area contributed by atoms with Crippen LogP contribution in [0.15, 0.2) is 36.5 Å². The number of piperazine rings is 1. The zero-order valence-electron chi connectivity index (χ0n) is 30.7. The van der Waals surface area contributed by atoms with E-state index < -0.39 is 11.4 Å². The van der Waals surface area contributed by atoms with E-state index in [0.29, 0.717) is 65.0 Å². The molecule has 0 unspecified atom stereocenters. The van der Waals surface area contributed by atoms with E-state index >= 15 is 4.39 Å². The summed E-state index contributed by atoms with van der Waals surface area (Å²) in [5.74, 6) is 4.02. The highest BCUT2D eigenvalue weighted by atomic mass is 19.1. The van der Waals surface area contributed by atoms with Gasteiger partial charge in [0.1, 0.15) is 35.0 Å². The minimum atomic E-state index is -0.604. The standard InChI is InChI=1S/C41H45FN6O5/c1-6-24-10-7-11-25-16-26(52-23-50-5)17-29(33(24)25)35-34(42)36-30(19-43-35)37(45-38(44-36)51-22-41-12-8-14-47(41)15-9-13-41)46-20-31-27-18-28(27)32(21-46)48(31)39(49)53-40(2,3)4/h1,7,10-11,16-17,19,27-28,31-32H,8-9,12-15,18,20-23H2,2-5H3/t27-,28+,31-,32+. The molecule has 0 spiro atoms. The molecule has 1 amide bonds. The molecule has 12 heteroatoms. The summed E-state index contributed by atoms with van der Waals surface area (Å²) in [6.07, 6.45) is 12.8. The number of rotatable bonds is 8. The number of pyridine rings is 1. The molecule has 0 N–H and O–H groups in total. The van der Waals surface area contributed by atoms with Crippen molar-refractivity contribution in [3.63, 3.8) is 0 Å².